The number of esters is 1. The Morgan fingerprint density at radius 1 is 1.00 bits per heavy atom. The lowest BCUT2D eigenvalue weighted by Gasteiger charge is -2.37. The lowest BCUT2D eigenvalue weighted by molar-refractivity contribution is -0.141. The van der Waals surface area contributed by atoms with Crippen molar-refractivity contribution in [3.63, 3.8) is 0 Å². The van der Waals surface area contributed by atoms with E-state index in [9.17, 15) is 14.0 Å². The van der Waals surface area contributed by atoms with Crippen LogP contribution >= 0.6 is 11.8 Å². The van der Waals surface area contributed by atoms with Crippen molar-refractivity contribution in [1.29, 1.82) is 0 Å². The summed E-state index contributed by atoms with van der Waals surface area (Å²) in [7, 11) is 0. The molecule has 8 heteroatoms. The third-order valence-electron chi connectivity index (χ3n) is 6.91. The fourth-order valence-corrected chi connectivity index (χ4v) is 5.77. The molecule has 1 amide bonds. The molecule has 0 aromatic heterocycles. The van der Waals surface area contributed by atoms with Gasteiger partial charge in [-0.05, 0) is 60.6 Å². The standard InChI is InChI=1S/C32H30FN3O3S/c1-20-9-10-21(2)27(15-20)30-29(31(38)39-18-24-7-5-4-6-8-24)22(3)35-32-36(30)26(19-40-32)16-28(37)34-17-23-11-13-25(33)14-12-23/h4-15,19,30H,16-18H2,1-3H3,(H,34,37)/t30-/m0/s1. The molecule has 204 valence electrons. The third kappa shape index (κ3) is 6.02. The summed E-state index contributed by atoms with van der Waals surface area (Å²) in [4.78, 5) is 33.4. The number of hydrogen-bond acceptors (Lipinski definition) is 6. The predicted octanol–water partition coefficient (Wildman–Crippen LogP) is 6.47. The van der Waals surface area contributed by atoms with Gasteiger partial charge in [0.05, 0.1) is 23.7 Å². The van der Waals surface area contributed by atoms with Gasteiger partial charge in [0.25, 0.3) is 0 Å². The summed E-state index contributed by atoms with van der Waals surface area (Å²) in [5.41, 5.74) is 6.54. The smallest absolute Gasteiger partial charge is 0.338 e. The average molecular weight is 556 g/mol. The molecule has 0 saturated carbocycles. The number of halogens is 1. The van der Waals surface area contributed by atoms with Crippen LogP contribution in [0, 0.1) is 19.7 Å². The Morgan fingerprint density at radius 3 is 2.50 bits per heavy atom. The van der Waals surface area contributed by atoms with Crippen molar-refractivity contribution in [3.05, 3.63) is 129 Å². The van der Waals surface area contributed by atoms with E-state index in [4.69, 9.17) is 9.73 Å². The molecule has 6 nitrogen and oxygen atoms in total. The van der Waals surface area contributed by atoms with Crippen molar-refractivity contribution in [2.75, 3.05) is 0 Å². The Kier molecular flexibility index (Phi) is 8.16. The van der Waals surface area contributed by atoms with Gasteiger partial charge in [-0.25, -0.2) is 14.2 Å². The summed E-state index contributed by atoms with van der Waals surface area (Å²) in [5.74, 6) is -0.942. The number of benzene rings is 3. The van der Waals surface area contributed by atoms with Crippen molar-refractivity contribution >= 4 is 28.8 Å². The summed E-state index contributed by atoms with van der Waals surface area (Å²) in [6.45, 7) is 6.30. The minimum Gasteiger partial charge on any atom is -0.457 e. The molecule has 40 heavy (non-hydrogen) atoms. The van der Waals surface area contributed by atoms with Crippen molar-refractivity contribution in [2.24, 2.45) is 4.99 Å². The zero-order valence-electron chi connectivity index (χ0n) is 22.6. The summed E-state index contributed by atoms with van der Waals surface area (Å²) >= 11 is 1.43. The van der Waals surface area contributed by atoms with Gasteiger partial charge in [-0.1, -0.05) is 78.0 Å². The number of thioether (sulfide) groups is 1. The largest absolute Gasteiger partial charge is 0.457 e. The maximum absolute atomic E-state index is 13.7. The SMILES string of the molecule is CC1=C(C(=O)OCc2ccccc2)[C@H](c2cc(C)ccc2C)N2C(CC(=O)NCc3ccc(F)cc3)=CSC2=N1. The molecule has 0 spiro atoms. The maximum atomic E-state index is 13.7. The van der Waals surface area contributed by atoms with Crippen LogP contribution in [0.5, 0.6) is 0 Å². The van der Waals surface area contributed by atoms with E-state index >= 15 is 0 Å². The molecule has 0 aliphatic carbocycles. The number of fused-ring (bicyclic) bond motifs is 1. The number of nitrogens with one attached hydrogen (secondary N) is 1. The topological polar surface area (TPSA) is 71.0 Å². The minimum absolute atomic E-state index is 0.0972. The van der Waals surface area contributed by atoms with Crippen LogP contribution in [0.25, 0.3) is 0 Å². The molecule has 2 aliphatic rings. The molecular weight excluding hydrogens is 525 g/mol. The van der Waals surface area contributed by atoms with Gasteiger partial charge in [-0.2, -0.15) is 0 Å². The number of aliphatic imine (C=N–C) groups is 1. The second kappa shape index (κ2) is 11.9. The first-order valence-corrected chi connectivity index (χ1v) is 13.9. The van der Waals surface area contributed by atoms with Gasteiger partial charge in [0, 0.05) is 12.2 Å². The number of allylic oxidation sites excluding steroid dienone is 1. The van der Waals surface area contributed by atoms with Gasteiger partial charge in [-0.3, -0.25) is 4.79 Å². The number of carbonyl (C=O) groups is 2. The number of hydrogen-bond donors (Lipinski definition) is 1. The quantitative estimate of drug-likeness (QED) is 0.323. The van der Waals surface area contributed by atoms with Gasteiger partial charge in [-0.15, -0.1) is 0 Å². The average Bonchev–Trinajstić information content (AvgIpc) is 3.34. The van der Waals surface area contributed by atoms with Crippen LogP contribution in [0.2, 0.25) is 0 Å². The van der Waals surface area contributed by atoms with Crippen LogP contribution in [0.3, 0.4) is 0 Å². The second-order valence-corrected chi connectivity index (χ2v) is 10.7. The van der Waals surface area contributed by atoms with Crippen molar-refractivity contribution in [3.8, 4) is 0 Å². The fourth-order valence-electron chi connectivity index (χ4n) is 4.81. The van der Waals surface area contributed by atoms with E-state index in [2.05, 4.69) is 11.4 Å². The number of amidine groups is 1. The van der Waals surface area contributed by atoms with E-state index < -0.39 is 12.0 Å². The number of carbonyl (C=O) groups excluding carboxylic acids is 2. The summed E-state index contributed by atoms with van der Waals surface area (Å²) < 4.78 is 19.0. The number of amides is 1. The van der Waals surface area contributed by atoms with E-state index in [1.165, 1.54) is 23.9 Å². The molecule has 2 heterocycles. The molecule has 0 saturated heterocycles. The highest BCUT2D eigenvalue weighted by Crippen LogP contribution is 2.45. The van der Waals surface area contributed by atoms with E-state index in [0.717, 1.165) is 33.5 Å². The third-order valence-corrected chi connectivity index (χ3v) is 7.80. The molecule has 3 aromatic carbocycles. The number of ether oxygens (including phenoxy) is 1. The van der Waals surface area contributed by atoms with Crippen LogP contribution in [-0.2, 0) is 27.5 Å². The monoisotopic (exact) mass is 555 g/mol. The Morgan fingerprint density at radius 2 is 1.75 bits per heavy atom. The van der Waals surface area contributed by atoms with Crippen LogP contribution in [0.1, 0.15) is 47.2 Å². The first-order valence-electron chi connectivity index (χ1n) is 13.0. The highest BCUT2D eigenvalue weighted by atomic mass is 32.2. The first-order chi connectivity index (χ1) is 19.3. The normalized spacial score (nSPS) is 16.3. The molecule has 0 unspecified atom stereocenters. The lowest BCUT2D eigenvalue weighted by Crippen LogP contribution is -2.38. The highest BCUT2D eigenvalue weighted by Gasteiger charge is 2.41. The molecule has 2 aliphatic heterocycles. The number of rotatable bonds is 8. The van der Waals surface area contributed by atoms with Crippen LogP contribution < -0.4 is 5.32 Å². The summed E-state index contributed by atoms with van der Waals surface area (Å²) in [6.07, 6.45) is 0.0972. The Balaban J connectivity index is 1.42. The molecule has 1 atom stereocenters. The van der Waals surface area contributed by atoms with Gasteiger partial charge in [0.1, 0.15) is 12.4 Å². The molecular formula is C32H30FN3O3S. The zero-order chi connectivity index (χ0) is 28.2. The number of aryl methyl sites for hydroxylation is 2. The molecule has 1 N–H and O–H groups in total. The maximum Gasteiger partial charge on any atom is 0.338 e. The van der Waals surface area contributed by atoms with Crippen LogP contribution in [0.4, 0.5) is 4.39 Å². The Hall–Kier alpha value is -4.17. The molecule has 5 rings (SSSR count). The minimum atomic E-state index is -0.498. The van der Waals surface area contributed by atoms with E-state index in [-0.39, 0.29) is 31.3 Å². The highest BCUT2D eigenvalue weighted by molar-refractivity contribution is 8.16. The molecule has 3 aromatic rings. The molecule has 0 fully saturated rings. The van der Waals surface area contributed by atoms with E-state index in [1.807, 2.05) is 73.5 Å². The molecule has 0 bridgehead atoms. The van der Waals surface area contributed by atoms with Gasteiger partial charge < -0.3 is 15.0 Å². The summed E-state index contributed by atoms with van der Waals surface area (Å²) in [5, 5.41) is 5.54. The summed E-state index contributed by atoms with van der Waals surface area (Å²) in [6, 6.07) is 21.3. The van der Waals surface area contributed by atoms with Crippen molar-refractivity contribution in [2.45, 2.75) is 46.4 Å². The van der Waals surface area contributed by atoms with Crippen LogP contribution in [0.15, 0.2) is 100 Å². The fraction of sp³-hybridized carbons (Fsp3) is 0.219. The van der Waals surface area contributed by atoms with E-state index in [1.54, 1.807) is 12.1 Å². The molecule has 0 radical (unpaired) electrons. The number of nitrogens with zero attached hydrogens (tertiary/aromatic N) is 2. The van der Waals surface area contributed by atoms with Crippen LogP contribution in [-0.4, -0.2) is 21.9 Å². The Labute approximate surface area is 237 Å². The zero-order valence-corrected chi connectivity index (χ0v) is 23.4. The lowest BCUT2D eigenvalue weighted by atomic mass is 9.90. The second-order valence-electron chi connectivity index (χ2n) is 9.89. The van der Waals surface area contributed by atoms with Gasteiger partial charge >= 0.3 is 5.97 Å². The first kappa shape index (κ1) is 27.4. The van der Waals surface area contributed by atoms with Gasteiger partial charge in [0.2, 0.25) is 5.91 Å². The van der Waals surface area contributed by atoms with E-state index in [0.29, 0.717) is 16.4 Å². The van der Waals surface area contributed by atoms with Crippen molar-refractivity contribution in [1.82, 2.24) is 10.2 Å². The van der Waals surface area contributed by atoms with Gasteiger partial charge in [0.15, 0.2) is 5.17 Å². The predicted molar refractivity (Wildman–Crippen MR) is 155 cm³/mol. The van der Waals surface area contributed by atoms with Crippen molar-refractivity contribution < 1.29 is 18.7 Å². The Bertz CT molecular complexity index is 1530.